The third-order valence-electron chi connectivity index (χ3n) is 1.54. The second-order valence-corrected chi connectivity index (χ2v) is 5.92. The quantitative estimate of drug-likeness (QED) is 0.625. The van der Waals surface area contributed by atoms with E-state index in [1.165, 1.54) is 11.3 Å². The summed E-state index contributed by atoms with van der Waals surface area (Å²) in [6.07, 6.45) is 0. The van der Waals surface area contributed by atoms with Crippen LogP contribution in [0.25, 0.3) is 0 Å². The van der Waals surface area contributed by atoms with Gasteiger partial charge in [0.25, 0.3) is 0 Å². The van der Waals surface area contributed by atoms with E-state index in [0.717, 1.165) is 14.5 Å². The van der Waals surface area contributed by atoms with Crippen molar-refractivity contribution in [2.24, 2.45) is 0 Å². The monoisotopic (exact) mass is 341 g/mol. The molecule has 3 nitrogen and oxygen atoms in total. The molecule has 1 atom stereocenters. The van der Waals surface area contributed by atoms with Crippen LogP contribution in [0.15, 0.2) is 3.92 Å². The first-order valence-corrected chi connectivity index (χ1v) is 6.52. The maximum atomic E-state index is 11.4. The van der Waals surface area contributed by atoms with Gasteiger partial charge in [0.1, 0.15) is 0 Å². The van der Waals surface area contributed by atoms with E-state index < -0.39 is 4.83 Å². The van der Waals surface area contributed by atoms with Crippen LogP contribution < -0.4 is 0 Å². The lowest BCUT2D eigenvalue weighted by atomic mass is 10.3. The van der Waals surface area contributed by atoms with Crippen LogP contribution in [0.2, 0.25) is 0 Å². The van der Waals surface area contributed by atoms with Crippen molar-refractivity contribution in [1.82, 2.24) is 4.98 Å². The number of nitrogens with zero attached hydrogens (tertiary/aromatic N) is 1. The molecule has 0 aliphatic carbocycles. The zero-order valence-electron chi connectivity index (χ0n) is 7.71. The van der Waals surface area contributed by atoms with Crippen LogP contribution in [0.1, 0.15) is 22.3 Å². The maximum Gasteiger partial charge on any atom is 0.325 e. The Hall–Kier alpha value is 0.0600. The van der Waals surface area contributed by atoms with Crippen LogP contribution in [0, 0.1) is 6.92 Å². The molecule has 1 aromatic heterocycles. The van der Waals surface area contributed by atoms with Crippen molar-refractivity contribution in [3.05, 3.63) is 14.5 Å². The molecule has 78 valence electrons. The average Bonchev–Trinajstić information content (AvgIpc) is 2.44. The summed E-state index contributed by atoms with van der Waals surface area (Å²) in [6.45, 7) is 4.08. The van der Waals surface area contributed by atoms with E-state index in [4.69, 9.17) is 4.74 Å². The molecule has 0 radical (unpaired) electrons. The standard InChI is InChI=1S/C8H9Br2NO2S/c1-3-13-7(12)5(9)6-4(2)14-8(10)11-6/h5H,3H2,1-2H3/t5-/m0/s1. The summed E-state index contributed by atoms with van der Waals surface area (Å²) < 4.78 is 5.66. The number of hydrogen-bond acceptors (Lipinski definition) is 4. The van der Waals surface area contributed by atoms with Gasteiger partial charge in [0.2, 0.25) is 0 Å². The minimum Gasteiger partial charge on any atom is -0.465 e. The molecule has 1 aromatic rings. The van der Waals surface area contributed by atoms with Crippen molar-refractivity contribution < 1.29 is 9.53 Å². The number of halogens is 2. The molecule has 0 aliphatic rings. The maximum absolute atomic E-state index is 11.4. The van der Waals surface area contributed by atoms with E-state index in [0.29, 0.717) is 6.61 Å². The van der Waals surface area contributed by atoms with Gasteiger partial charge in [-0.1, -0.05) is 15.9 Å². The highest BCUT2D eigenvalue weighted by atomic mass is 79.9. The molecule has 0 aliphatic heterocycles. The van der Waals surface area contributed by atoms with Crippen molar-refractivity contribution in [1.29, 1.82) is 0 Å². The molecule has 0 fully saturated rings. The number of carbonyl (C=O) groups is 1. The predicted molar refractivity (Wildman–Crippen MR) is 62.9 cm³/mol. The Morgan fingerprint density at radius 2 is 2.36 bits per heavy atom. The highest BCUT2D eigenvalue weighted by Gasteiger charge is 2.23. The van der Waals surface area contributed by atoms with E-state index in [1.807, 2.05) is 6.92 Å². The van der Waals surface area contributed by atoms with Crippen molar-refractivity contribution in [3.8, 4) is 0 Å². The molecule has 0 unspecified atom stereocenters. The first-order valence-electron chi connectivity index (χ1n) is 3.99. The molecule has 0 spiro atoms. The van der Waals surface area contributed by atoms with Crippen molar-refractivity contribution in [3.63, 3.8) is 0 Å². The zero-order valence-corrected chi connectivity index (χ0v) is 11.7. The van der Waals surface area contributed by atoms with Crippen LogP contribution >= 0.6 is 43.2 Å². The van der Waals surface area contributed by atoms with Crippen LogP contribution in [-0.2, 0) is 9.53 Å². The number of aromatic nitrogens is 1. The highest BCUT2D eigenvalue weighted by Crippen LogP contribution is 2.31. The number of ether oxygens (including phenoxy) is 1. The van der Waals surface area contributed by atoms with Crippen molar-refractivity contribution >= 4 is 49.2 Å². The molecule has 6 heteroatoms. The van der Waals surface area contributed by atoms with Crippen LogP contribution in [0.4, 0.5) is 0 Å². The number of alkyl halides is 1. The fraction of sp³-hybridized carbons (Fsp3) is 0.500. The van der Waals surface area contributed by atoms with Gasteiger partial charge in [-0.25, -0.2) is 4.98 Å². The summed E-state index contributed by atoms with van der Waals surface area (Å²) in [5.74, 6) is -0.298. The summed E-state index contributed by atoms with van der Waals surface area (Å²) >= 11 is 8.04. The molecule has 0 N–H and O–H groups in total. The topological polar surface area (TPSA) is 39.2 Å². The third kappa shape index (κ3) is 2.77. The minimum absolute atomic E-state index is 0.298. The van der Waals surface area contributed by atoms with Crippen molar-refractivity contribution in [2.75, 3.05) is 6.61 Å². The lowest BCUT2D eigenvalue weighted by Crippen LogP contribution is -2.11. The Balaban J connectivity index is 2.83. The third-order valence-corrected chi connectivity index (χ3v) is 3.79. The summed E-state index contributed by atoms with van der Waals surface area (Å²) in [5, 5.41) is 0. The van der Waals surface area contributed by atoms with Gasteiger partial charge < -0.3 is 4.74 Å². The Kier molecular flexibility index (Phi) is 4.53. The molecule has 0 saturated heterocycles. The second-order valence-electron chi connectivity index (χ2n) is 2.52. The van der Waals surface area contributed by atoms with Gasteiger partial charge in [-0.05, 0) is 29.8 Å². The van der Waals surface area contributed by atoms with Crippen LogP contribution in [0.3, 0.4) is 0 Å². The Labute approximate surface area is 103 Å². The van der Waals surface area contributed by atoms with Gasteiger partial charge in [-0.2, -0.15) is 0 Å². The first-order chi connectivity index (χ1) is 6.56. The average molecular weight is 343 g/mol. The second kappa shape index (κ2) is 5.23. The highest BCUT2D eigenvalue weighted by molar-refractivity contribution is 9.11. The Morgan fingerprint density at radius 3 is 2.79 bits per heavy atom. The van der Waals surface area contributed by atoms with Gasteiger partial charge in [-0.15, -0.1) is 11.3 Å². The SMILES string of the molecule is CCOC(=O)[C@@H](Br)c1nc(Br)sc1C. The van der Waals surface area contributed by atoms with Crippen molar-refractivity contribution in [2.45, 2.75) is 18.7 Å². The first kappa shape index (κ1) is 12.1. The van der Waals surface area contributed by atoms with Crippen LogP contribution in [-0.4, -0.2) is 17.6 Å². The van der Waals surface area contributed by atoms with Gasteiger partial charge in [0.15, 0.2) is 8.74 Å². The molecule has 0 bridgehead atoms. The molecule has 0 amide bonds. The fourth-order valence-corrected chi connectivity index (χ4v) is 3.25. The molecule has 0 aromatic carbocycles. The van der Waals surface area contributed by atoms with E-state index in [9.17, 15) is 4.79 Å². The predicted octanol–water partition coefficient (Wildman–Crippen LogP) is 3.21. The summed E-state index contributed by atoms with van der Waals surface area (Å²) in [5.41, 5.74) is 0.723. The van der Waals surface area contributed by atoms with E-state index >= 15 is 0 Å². The van der Waals surface area contributed by atoms with Gasteiger partial charge >= 0.3 is 5.97 Å². The number of rotatable bonds is 3. The van der Waals surface area contributed by atoms with Gasteiger partial charge in [0, 0.05) is 4.88 Å². The molecule has 0 saturated carbocycles. The van der Waals surface area contributed by atoms with E-state index in [2.05, 4.69) is 36.8 Å². The zero-order chi connectivity index (χ0) is 10.7. The molecule has 14 heavy (non-hydrogen) atoms. The molecular formula is C8H9Br2NO2S. The molecule has 1 rings (SSSR count). The molecular weight excluding hydrogens is 334 g/mol. The summed E-state index contributed by atoms with van der Waals surface area (Å²) in [7, 11) is 0. The normalized spacial score (nSPS) is 12.6. The number of carbonyl (C=O) groups excluding carboxylic acids is 1. The lowest BCUT2D eigenvalue weighted by Gasteiger charge is -2.06. The summed E-state index contributed by atoms with van der Waals surface area (Å²) in [6, 6.07) is 0. The number of esters is 1. The van der Waals surface area contributed by atoms with Gasteiger partial charge in [-0.3, -0.25) is 4.79 Å². The van der Waals surface area contributed by atoms with Crippen LogP contribution in [0.5, 0.6) is 0 Å². The molecule has 1 heterocycles. The number of thiazole rings is 1. The number of aryl methyl sites for hydroxylation is 1. The minimum atomic E-state index is -0.468. The Morgan fingerprint density at radius 1 is 1.71 bits per heavy atom. The smallest absolute Gasteiger partial charge is 0.325 e. The number of hydrogen-bond donors (Lipinski definition) is 0. The lowest BCUT2D eigenvalue weighted by molar-refractivity contribution is -0.142. The fourth-order valence-electron chi connectivity index (χ4n) is 0.937. The van der Waals surface area contributed by atoms with E-state index in [-0.39, 0.29) is 5.97 Å². The van der Waals surface area contributed by atoms with E-state index in [1.54, 1.807) is 6.92 Å². The largest absolute Gasteiger partial charge is 0.465 e. The van der Waals surface area contributed by atoms with Gasteiger partial charge in [0.05, 0.1) is 12.3 Å². The Bertz CT molecular complexity index is 340. The summed E-state index contributed by atoms with van der Waals surface area (Å²) in [4.78, 5) is 16.1.